The van der Waals surface area contributed by atoms with E-state index in [-0.39, 0.29) is 18.3 Å². The Kier molecular flexibility index (Phi) is 5.10. The molecule has 1 amide bonds. The van der Waals surface area contributed by atoms with Gasteiger partial charge in [0, 0.05) is 30.6 Å². The summed E-state index contributed by atoms with van der Waals surface area (Å²) in [5.41, 5.74) is 1.43. The quantitative estimate of drug-likeness (QED) is 0.864. The Balaban J connectivity index is 0.00000147. The molecular weight excluding hydrogens is 292 g/mol. The van der Waals surface area contributed by atoms with Crippen LogP contribution in [0, 0.1) is 5.92 Å². The molecule has 3 nitrogen and oxygen atoms in total. The van der Waals surface area contributed by atoms with E-state index in [1.165, 1.54) is 16.9 Å². The van der Waals surface area contributed by atoms with Gasteiger partial charge in [-0.15, -0.1) is 23.7 Å². The van der Waals surface area contributed by atoms with Gasteiger partial charge in [-0.2, -0.15) is 0 Å². The first kappa shape index (κ1) is 15.8. The van der Waals surface area contributed by atoms with Crippen LogP contribution in [0.2, 0.25) is 0 Å². The summed E-state index contributed by atoms with van der Waals surface area (Å²) in [5.74, 6) is 1.00. The molecule has 1 aliphatic carbocycles. The molecule has 0 bridgehead atoms. The Labute approximate surface area is 131 Å². The first-order valence-electron chi connectivity index (χ1n) is 7.28. The van der Waals surface area contributed by atoms with Crippen LogP contribution in [-0.2, 0) is 12.8 Å². The highest BCUT2D eigenvalue weighted by Crippen LogP contribution is 2.33. The van der Waals surface area contributed by atoms with Crippen molar-refractivity contribution >= 4 is 29.7 Å². The van der Waals surface area contributed by atoms with Crippen molar-refractivity contribution in [1.82, 2.24) is 10.2 Å². The Morgan fingerprint density at radius 1 is 1.45 bits per heavy atom. The molecular formula is C15H23ClN2OS. The third-order valence-electron chi connectivity index (χ3n) is 4.30. The molecule has 2 heterocycles. The Morgan fingerprint density at radius 3 is 3.00 bits per heavy atom. The molecule has 1 aromatic rings. The van der Waals surface area contributed by atoms with Crippen molar-refractivity contribution in [1.29, 1.82) is 0 Å². The SMILES string of the molecule is CC1CCc2sc(C(=O)N3CCNC[C@@H]3C)cc2C1.Cl. The van der Waals surface area contributed by atoms with E-state index in [1.807, 2.05) is 4.90 Å². The van der Waals surface area contributed by atoms with Crippen LogP contribution in [0.3, 0.4) is 0 Å². The van der Waals surface area contributed by atoms with Crippen molar-refractivity contribution in [2.24, 2.45) is 5.92 Å². The lowest BCUT2D eigenvalue weighted by atomic mass is 9.90. The number of halogens is 1. The molecule has 0 radical (unpaired) electrons. The zero-order chi connectivity index (χ0) is 13.4. The van der Waals surface area contributed by atoms with Gasteiger partial charge < -0.3 is 10.2 Å². The van der Waals surface area contributed by atoms with Gasteiger partial charge in [0.05, 0.1) is 4.88 Å². The first-order valence-corrected chi connectivity index (χ1v) is 8.10. The number of piperazine rings is 1. The minimum atomic E-state index is 0. The molecule has 1 aromatic heterocycles. The molecule has 2 atom stereocenters. The van der Waals surface area contributed by atoms with Gasteiger partial charge in [-0.05, 0) is 43.7 Å². The maximum absolute atomic E-state index is 12.6. The lowest BCUT2D eigenvalue weighted by Gasteiger charge is -2.33. The number of carbonyl (C=O) groups excluding carboxylic acids is 1. The lowest BCUT2D eigenvalue weighted by molar-refractivity contribution is 0.0660. The summed E-state index contributed by atoms with van der Waals surface area (Å²) in [6, 6.07) is 2.46. The summed E-state index contributed by atoms with van der Waals surface area (Å²) < 4.78 is 0. The highest BCUT2D eigenvalue weighted by molar-refractivity contribution is 7.14. The van der Waals surface area contributed by atoms with Crippen LogP contribution in [-0.4, -0.2) is 36.5 Å². The van der Waals surface area contributed by atoms with Crippen molar-refractivity contribution < 1.29 is 4.79 Å². The van der Waals surface area contributed by atoms with Crippen LogP contribution < -0.4 is 5.32 Å². The summed E-state index contributed by atoms with van der Waals surface area (Å²) >= 11 is 1.73. The largest absolute Gasteiger partial charge is 0.333 e. The highest BCUT2D eigenvalue weighted by atomic mass is 35.5. The first-order chi connectivity index (χ1) is 9.15. The lowest BCUT2D eigenvalue weighted by Crippen LogP contribution is -2.52. The van der Waals surface area contributed by atoms with Crippen LogP contribution >= 0.6 is 23.7 Å². The van der Waals surface area contributed by atoms with Crippen LogP contribution in [0.5, 0.6) is 0 Å². The van der Waals surface area contributed by atoms with E-state index in [4.69, 9.17) is 0 Å². The van der Waals surface area contributed by atoms with Crippen molar-refractivity contribution in [3.8, 4) is 0 Å². The Bertz CT molecular complexity index is 488. The molecule has 112 valence electrons. The third kappa shape index (κ3) is 3.02. The van der Waals surface area contributed by atoms with E-state index >= 15 is 0 Å². The van der Waals surface area contributed by atoms with Crippen LogP contribution in [0.1, 0.15) is 40.4 Å². The molecule has 3 rings (SSSR count). The number of thiophene rings is 1. The Morgan fingerprint density at radius 2 is 2.25 bits per heavy atom. The van der Waals surface area contributed by atoms with E-state index in [9.17, 15) is 4.79 Å². The number of carbonyl (C=O) groups is 1. The zero-order valence-corrected chi connectivity index (χ0v) is 13.8. The smallest absolute Gasteiger partial charge is 0.264 e. The predicted octanol–water partition coefficient (Wildman–Crippen LogP) is 2.73. The molecule has 1 saturated heterocycles. The van der Waals surface area contributed by atoms with Gasteiger partial charge in [0.25, 0.3) is 5.91 Å². The van der Waals surface area contributed by atoms with Crippen molar-refractivity contribution in [3.05, 3.63) is 21.4 Å². The molecule has 20 heavy (non-hydrogen) atoms. The van der Waals surface area contributed by atoms with Gasteiger partial charge in [0.15, 0.2) is 0 Å². The minimum absolute atomic E-state index is 0. The fourth-order valence-corrected chi connectivity index (χ4v) is 4.26. The summed E-state index contributed by atoms with van der Waals surface area (Å²) in [6.07, 6.45) is 3.58. The number of nitrogens with one attached hydrogen (secondary N) is 1. The number of rotatable bonds is 1. The molecule has 0 spiro atoms. The predicted molar refractivity (Wildman–Crippen MR) is 86.1 cm³/mol. The second-order valence-corrected chi connectivity index (χ2v) is 7.10. The van der Waals surface area contributed by atoms with Gasteiger partial charge in [0.1, 0.15) is 0 Å². The van der Waals surface area contributed by atoms with Crippen molar-refractivity contribution in [2.75, 3.05) is 19.6 Å². The molecule has 1 aliphatic heterocycles. The molecule has 1 unspecified atom stereocenters. The normalized spacial score (nSPS) is 25.8. The summed E-state index contributed by atoms with van der Waals surface area (Å²) in [7, 11) is 0. The van der Waals surface area contributed by atoms with Gasteiger partial charge in [0.2, 0.25) is 0 Å². The summed E-state index contributed by atoms with van der Waals surface area (Å²) in [5, 5.41) is 3.34. The molecule has 0 saturated carbocycles. The average Bonchev–Trinajstić information content (AvgIpc) is 2.81. The van der Waals surface area contributed by atoms with Gasteiger partial charge in [-0.3, -0.25) is 4.79 Å². The number of hydrogen-bond donors (Lipinski definition) is 1. The monoisotopic (exact) mass is 314 g/mol. The fraction of sp³-hybridized carbons (Fsp3) is 0.667. The standard InChI is InChI=1S/C15H22N2OS.ClH/c1-10-3-4-13-12(7-10)8-14(19-13)15(18)17-6-5-16-9-11(17)2;/h8,10-11,16H,3-7,9H2,1-2H3;1H/t10?,11-;/m0./s1. The summed E-state index contributed by atoms with van der Waals surface area (Å²) in [6.45, 7) is 7.09. The van der Waals surface area contributed by atoms with Crippen LogP contribution in [0.25, 0.3) is 0 Å². The van der Waals surface area contributed by atoms with Gasteiger partial charge >= 0.3 is 0 Å². The van der Waals surface area contributed by atoms with Gasteiger partial charge in [-0.25, -0.2) is 0 Å². The topological polar surface area (TPSA) is 32.3 Å². The maximum atomic E-state index is 12.6. The maximum Gasteiger partial charge on any atom is 0.264 e. The summed E-state index contributed by atoms with van der Waals surface area (Å²) in [4.78, 5) is 17.0. The zero-order valence-electron chi connectivity index (χ0n) is 12.1. The van der Waals surface area contributed by atoms with E-state index in [2.05, 4.69) is 25.2 Å². The van der Waals surface area contributed by atoms with Crippen LogP contribution in [0.4, 0.5) is 0 Å². The van der Waals surface area contributed by atoms with Crippen molar-refractivity contribution in [3.63, 3.8) is 0 Å². The van der Waals surface area contributed by atoms with E-state index < -0.39 is 0 Å². The second-order valence-electron chi connectivity index (χ2n) is 5.96. The highest BCUT2D eigenvalue weighted by Gasteiger charge is 2.27. The molecule has 2 aliphatic rings. The number of hydrogen-bond acceptors (Lipinski definition) is 3. The fourth-order valence-electron chi connectivity index (χ4n) is 3.10. The molecule has 1 N–H and O–H groups in total. The Hall–Kier alpha value is -0.580. The average molecular weight is 315 g/mol. The third-order valence-corrected chi connectivity index (χ3v) is 5.53. The van der Waals surface area contributed by atoms with Gasteiger partial charge in [-0.1, -0.05) is 6.92 Å². The van der Waals surface area contributed by atoms with Crippen molar-refractivity contribution in [2.45, 2.75) is 39.2 Å². The number of aryl methyl sites for hydroxylation is 1. The van der Waals surface area contributed by atoms with Crippen LogP contribution in [0.15, 0.2) is 6.07 Å². The van der Waals surface area contributed by atoms with E-state index in [1.54, 1.807) is 11.3 Å². The minimum Gasteiger partial charge on any atom is -0.333 e. The number of fused-ring (bicyclic) bond motifs is 1. The molecule has 1 fully saturated rings. The molecule has 5 heteroatoms. The van der Waals surface area contributed by atoms with E-state index in [0.717, 1.165) is 43.3 Å². The number of amides is 1. The second kappa shape index (κ2) is 6.46. The van der Waals surface area contributed by atoms with E-state index in [0.29, 0.717) is 6.04 Å². The number of nitrogens with zero attached hydrogens (tertiary/aromatic N) is 1. The molecule has 0 aromatic carbocycles.